The summed E-state index contributed by atoms with van der Waals surface area (Å²) in [5.74, 6) is 0.0769. The molecular weight excluding hydrogens is 392 g/mol. The van der Waals surface area contributed by atoms with Gasteiger partial charge in [-0.1, -0.05) is 25.0 Å². The zero-order valence-corrected chi connectivity index (χ0v) is 18.1. The van der Waals surface area contributed by atoms with E-state index < -0.39 is 17.4 Å². The highest BCUT2D eigenvalue weighted by molar-refractivity contribution is 6.20. The van der Waals surface area contributed by atoms with Gasteiger partial charge in [0.15, 0.2) is 5.41 Å². The molecule has 7 nitrogen and oxygen atoms in total. The zero-order chi connectivity index (χ0) is 21.8. The number of hydrogen-bond acceptors (Lipinski definition) is 5. The Labute approximate surface area is 181 Å². The van der Waals surface area contributed by atoms with Gasteiger partial charge in [0.1, 0.15) is 5.82 Å². The molecule has 31 heavy (non-hydrogen) atoms. The number of rotatable bonds is 3. The van der Waals surface area contributed by atoms with Gasteiger partial charge in [0, 0.05) is 24.9 Å². The first-order valence-corrected chi connectivity index (χ1v) is 11.3. The number of pyridine rings is 1. The number of benzene rings is 1. The molecule has 2 fully saturated rings. The smallest absolute Gasteiger partial charge is 0.330 e. The maximum atomic E-state index is 13.8. The average molecular weight is 421 g/mol. The summed E-state index contributed by atoms with van der Waals surface area (Å²) in [6, 6.07) is 7.36. The largest absolute Gasteiger partial charge is 0.352 e. The van der Waals surface area contributed by atoms with Gasteiger partial charge in [-0.05, 0) is 56.4 Å². The van der Waals surface area contributed by atoms with Crippen LogP contribution in [0, 0.1) is 12.3 Å². The number of fused-ring (bicyclic) bond motifs is 5. The summed E-state index contributed by atoms with van der Waals surface area (Å²) in [5.41, 5.74) is 1.68. The van der Waals surface area contributed by atoms with Crippen LogP contribution in [0.2, 0.25) is 0 Å². The van der Waals surface area contributed by atoms with E-state index in [-0.39, 0.29) is 18.4 Å². The maximum absolute atomic E-state index is 13.8. The van der Waals surface area contributed by atoms with E-state index in [0.29, 0.717) is 6.54 Å². The Morgan fingerprint density at radius 1 is 1.19 bits per heavy atom. The molecule has 2 aromatic rings. The van der Waals surface area contributed by atoms with Crippen LogP contribution < -0.4 is 10.2 Å². The van der Waals surface area contributed by atoms with Crippen LogP contribution in [0.1, 0.15) is 50.2 Å². The third-order valence-electron chi connectivity index (χ3n) is 7.07. The summed E-state index contributed by atoms with van der Waals surface area (Å²) >= 11 is 0. The molecule has 5 rings (SSSR count). The number of aromatic nitrogens is 1. The van der Waals surface area contributed by atoms with Crippen molar-refractivity contribution in [1.29, 1.82) is 0 Å². The van der Waals surface area contributed by atoms with Crippen molar-refractivity contribution < 1.29 is 14.4 Å². The van der Waals surface area contributed by atoms with Crippen molar-refractivity contribution in [2.24, 2.45) is 5.41 Å². The summed E-state index contributed by atoms with van der Waals surface area (Å²) in [7, 11) is 0. The number of hydrogen-bond donors (Lipinski definition) is 1. The Morgan fingerprint density at radius 3 is 2.84 bits per heavy atom. The monoisotopic (exact) mass is 420 g/mol. The lowest BCUT2D eigenvalue weighted by molar-refractivity contribution is -0.154. The number of barbiturate groups is 1. The zero-order valence-electron chi connectivity index (χ0n) is 18.1. The van der Waals surface area contributed by atoms with Crippen molar-refractivity contribution in [2.75, 3.05) is 18.0 Å². The molecule has 0 unspecified atom stereocenters. The number of imide groups is 2. The van der Waals surface area contributed by atoms with E-state index in [1.165, 1.54) is 4.90 Å². The second kappa shape index (κ2) is 7.32. The first kappa shape index (κ1) is 20.0. The van der Waals surface area contributed by atoms with E-state index in [9.17, 15) is 14.4 Å². The van der Waals surface area contributed by atoms with Crippen LogP contribution in [0.3, 0.4) is 0 Å². The molecule has 3 aliphatic heterocycles. The van der Waals surface area contributed by atoms with Gasteiger partial charge < -0.3 is 4.90 Å². The number of piperidine rings is 1. The van der Waals surface area contributed by atoms with E-state index >= 15 is 0 Å². The topological polar surface area (TPSA) is 82.6 Å². The predicted molar refractivity (Wildman–Crippen MR) is 118 cm³/mol. The Morgan fingerprint density at radius 2 is 2.03 bits per heavy atom. The Balaban J connectivity index is 1.66. The van der Waals surface area contributed by atoms with Gasteiger partial charge in [0.2, 0.25) is 11.8 Å². The van der Waals surface area contributed by atoms with Crippen molar-refractivity contribution in [3.8, 4) is 0 Å². The Bertz CT molecular complexity index is 1100. The van der Waals surface area contributed by atoms with Crippen molar-refractivity contribution in [2.45, 2.75) is 58.4 Å². The predicted octanol–water partition coefficient (Wildman–Crippen LogP) is 3.32. The molecule has 0 saturated carbocycles. The van der Waals surface area contributed by atoms with Crippen LogP contribution in [0.15, 0.2) is 24.3 Å². The van der Waals surface area contributed by atoms with Crippen molar-refractivity contribution in [3.63, 3.8) is 0 Å². The lowest BCUT2D eigenvalue weighted by atomic mass is 9.66. The van der Waals surface area contributed by atoms with Crippen LogP contribution in [-0.2, 0) is 16.0 Å². The fraction of sp³-hybridized carbons (Fsp3) is 0.500. The average Bonchev–Trinajstić information content (AvgIpc) is 2.76. The minimum absolute atomic E-state index is 0.279. The minimum atomic E-state index is -1.28. The molecule has 0 radical (unpaired) electrons. The first-order chi connectivity index (χ1) is 15.0. The molecule has 1 aromatic carbocycles. The minimum Gasteiger partial charge on any atom is -0.352 e. The second-order valence-electron chi connectivity index (χ2n) is 9.09. The number of nitrogens with one attached hydrogen (secondary N) is 1. The number of nitrogens with zero attached hydrogens (tertiary/aromatic N) is 3. The summed E-state index contributed by atoms with van der Waals surface area (Å²) in [6.07, 6.45) is 4.55. The second-order valence-corrected chi connectivity index (χ2v) is 9.09. The molecule has 2 atom stereocenters. The normalized spacial score (nSPS) is 25.6. The third-order valence-corrected chi connectivity index (χ3v) is 7.07. The lowest BCUT2D eigenvalue weighted by Crippen LogP contribution is -2.72. The molecule has 3 aliphatic rings. The lowest BCUT2D eigenvalue weighted by Gasteiger charge is -2.53. The number of amides is 4. The van der Waals surface area contributed by atoms with Crippen molar-refractivity contribution >= 4 is 34.6 Å². The highest BCUT2D eigenvalue weighted by Crippen LogP contribution is 2.47. The highest BCUT2D eigenvalue weighted by Gasteiger charge is 2.62. The number of aryl methyl sites for hydroxylation is 1. The fourth-order valence-corrected chi connectivity index (χ4v) is 5.50. The number of anilines is 1. The summed E-state index contributed by atoms with van der Waals surface area (Å²) in [5, 5.41) is 3.53. The van der Waals surface area contributed by atoms with Crippen molar-refractivity contribution in [1.82, 2.24) is 15.2 Å². The number of unbranched alkanes of at least 4 members (excludes halogenated alkanes) is 1. The molecule has 4 heterocycles. The molecule has 4 amide bonds. The van der Waals surface area contributed by atoms with Crippen LogP contribution in [0.5, 0.6) is 0 Å². The van der Waals surface area contributed by atoms with E-state index in [2.05, 4.69) is 28.4 Å². The molecule has 1 spiro atoms. The van der Waals surface area contributed by atoms with Gasteiger partial charge in [-0.3, -0.25) is 19.8 Å². The molecule has 162 valence electrons. The molecule has 1 aromatic heterocycles. The van der Waals surface area contributed by atoms with E-state index in [1.54, 1.807) is 0 Å². The Kier molecular flexibility index (Phi) is 4.72. The van der Waals surface area contributed by atoms with Gasteiger partial charge in [0.25, 0.3) is 0 Å². The van der Waals surface area contributed by atoms with E-state index in [4.69, 9.17) is 4.98 Å². The van der Waals surface area contributed by atoms with E-state index in [1.807, 2.05) is 19.9 Å². The van der Waals surface area contributed by atoms with Gasteiger partial charge >= 0.3 is 6.03 Å². The molecule has 7 heteroatoms. The number of carbonyl (C=O) groups excluding carboxylic acids is 3. The summed E-state index contributed by atoms with van der Waals surface area (Å²) in [6.45, 7) is 5.15. The molecule has 0 aliphatic carbocycles. The van der Waals surface area contributed by atoms with Gasteiger partial charge in [-0.25, -0.2) is 9.78 Å². The Hall–Kier alpha value is -2.96. The fourth-order valence-electron chi connectivity index (χ4n) is 5.50. The van der Waals surface area contributed by atoms with Gasteiger partial charge in [-0.2, -0.15) is 0 Å². The standard InChI is InChI=1S/C24H28N4O3/c1-3-4-10-28-22(30)24(21(29)26-23(28)31)14-17-13-16-12-15(2)8-9-18(16)25-20(17)27-11-6-5-7-19(24)27/h8-9,12-13,19H,3-7,10-11,14H2,1-2H3,(H,26,29,31)/t19-,24-/m1/s1. The first-order valence-electron chi connectivity index (χ1n) is 11.3. The number of urea groups is 1. The van der Waals surface area contributed by atoms with Crippen LogP contribution in [0.4, 0.5) is 10.6 Å². The van der Waals surface area contributed by atoms with Crippen molar-refractivity contribution in [3.05, 3.63) is 35.4 Å². The summed E-state index contributed by atoms with van der Waals surface area (Å²) < 4.78 is 0. The summed E-state index contributed by atoms with van der Waals surface area (Å²) in [4.78, 5) is 48.1. The molecule has 2 saturated heterocycles. The molecule has 0 bridgehead atoms. The number of carbonyl (C=O) groups is 3. The maximum Gasteiger partial charge on any atom is 0.330 e. The third kappa shape index (κ3) is 2.93. The molecule has 1 N–H and O–H groups in total. The SMILES string of the molecule is CCCCN1C(=O)NC(=O)[C@]2(Cc3cc4cc(C)ccc4nc3N3CCCC[C@@H]32)C1=O. The highest BCUT2D eigenvalue weighted by atomic mass is 16.2. The van der Waals surface area contributed by atoms with Gasteiger partial charge in [-0.15, -0.1) is 0 Å². The quantitative estimate of drug-likeness (QED) is 0.771. The van der Waals surface area contributed by atoms with Crippen LogP contribution in [-0.4, -0.2) is 46.9 Å². The van der Waals surface area contributed by atoms with E-state index in [0.717, 1.165) is 66.5 Å². The molecular formula is C24H28N4O3. The van der Waals surface area contributed by atoms with Crippen LogP contribution >= 0.6 is 0 Å². The van der Waals surface area contributed by atoms with Crippen LogP contribution in [0.25, 0.3) is 10.9 Å². The van der Waals surface area contributed by atoms with Gasteiger partial charge in [0.05, 0.1) is 11.6 Å².